The van der Waals surface area contributed by atoms with Gasteiger partial charge in [-0.1, -0.05) is 12.1 Å². The number of benzene rings is 1. The molecule has 24 heavy (non-hydrogen) atoms. The number of hydrogen-bond acceptors (Lipinski definition) is 3. The molecule has 1 aliphatic rings. The largest absolute Gasteiger partial charge is 0.343 e. The van der Waals surface area contributed by atoms with Gasteiger partial charge in [0.15, 0.2) is 0 Å². The van der Waals surface area contributed by atoms with Crippen molar-refractivity contribution >= 4 is 34.4 Å². The molecule has 1 aromatic carbocycles. The Morgan fingerprint density at radius 3 is 2.54 bits per heavy atom. The zero-order valence-corrected chi connectivity index (χ0v) is 15.3. The van der Waals surface area contributed by atoms with Crippen molar-refractivity contribution in [3.8, 4) is 0 Å². The first-order chi connectivity index (χ1) is 11.6. The van der Waals surface area contributed by atoms with Gasteiger partial charge in [-0.15, -0.1) is 0 Å². The lowest BCUT2D eigenvalue weighted by atomic mass is 10.2. The minimum Gasteiger partial charge on any atom is -0.343 e. The van der Waals surface area contributed by atoms with Gasteiger partial charge in [-0.3, -0.25) is 14.6 Å². The molecule has 3 rings (SSSR count). The van der Waals surface area contributed by atoms with Gasteiger partial charge < -0.3 is 10.2 Å². The van der Waals surface area contributed by atoms with Gasteiger partial charge in [-0.05, 0) is 65.3 Å². The lowest BCUT2D eigenvalue weighted by Gasteiger charge is -2.22. The normalized spacial score (nSPS) is 13.4. The number of carbonyl (C=O) groups excluding carboxylic acids is 2. The number of nitrogens with zero attached hydrogens (tertiary/aromatic N) is 2. The predicted molar refractivity (Wildman–Crippen MR) is 99.3 cm³/mol. The Bertz CT molecular complexity index is 732. The SMILES string of the molecule is O=C(NCC(=O)N(Cc1ccncc1)C1CC1)c1ccccc1I. The molecule has 124 valence electrons. The number of hydrogen-bond donors (Lipinski definition) is 1. The fraction of sp³-hybridized carbons (Fsp3) is 0.278. The maximum atomic E-state index is 12.5. The van der Waals surface area contributed by atoms with Crippen molar-refractivity contribution in [2.75, 3.05) is 6.54 Å². The molecule has 0 radical (unpaired) electrons. The minimum absolute atomic E-state index is 0.0192. The quantitative estimate of drug-likeness (QED) is 0.710. The van der Waals surface area contributed by atoms with Crippen LogP contribution in [0.5, 0.6) is 0 Å². The molecule has 0 bridgehead atoms. The van der Waals surface area contributed by atoms with Crippen LogP contribution in [-0.2, 0) is 11.3 Å². The molecule has 0 atom stereocenters. The summed E-state index contributed by atoms with van der Waals surface area (Å²) < 4.78 is 0.871. The van der Waals surface area contributed by atoms with E-state index < -0.39 is 0 Å². The molecular formula is C18H18IN3O2. The average molecular weight is 435 g/mol. The van der Waals surface area contributed by atoms with Crippen LogP contribution in [0.3, 0.4) is 0 Å². The van der Waals surface area contributed by atoms with Crippen LogP contribution in [0, 0.1) is 3.57 Å². The van der Waals surface area contributed by atoms with E-state index in [-0.39, 0.29) is 18.4 Å². The van der Waals surface area contributed by atoms with E-state index in [1.54, 1.807) is 18.5 Å². The van der Waals surface area contributed by atoms with E-state index in [1.165, 1.54) is 0 Å². The first kappa shape index (κ1) is 16.9. The third-order valence-corrected chi connectivity index (χ3v) is 4.87. The summed E-state index contributed by atoms with van der Waals surface area (Å²) in [6, 6.07) is 11.4. The molecule has 1 fully saturated rings. The Labute approximate surface area is 154 Å². The third kappa shape index (κ3) is 4.31. The zero-order valence-electron chi connectivity index (χ0n) is 13.1. The molecule has 0 unspecified atom stereocenters. The van der Waals surface area contributed by atoms with Crippen LogP contribution in [0.1, 0.15) is 28.8 Å². The van der Waals surface area contributed by atoms with Crippen LogP contribution >= 0.6 is 22.6 Å². The van der Waals surface area contributed by atoms with Gasteiger partial charge in [-0.2, -0.15) is 0 Å². The molecule has 1 saturated carbocycles. The van der Waals surface area contributed by atoms with E-state index in [1.807, 2.05) is 35.2 Å². The minimum atomic E-state index is -0.215. The van der Waals surface area contributed by atoms with Gasteiger partial charge in [0.2, 0.25) is 5.91 Å². The van der Waals surface area contributed by atoms with Gasteiger partial charge >= 0.3 is 0 Å². The van der Waals surface area contributed by atoms with Gasteiger partial charge in [-0.25, -0.2) is 0 Å². The Kier molecular flexibility index (Phi) is 5.44. The molecule has 2 aromatic rings. The number of nitrogens with one attached hydrogen (secondary N) is 1. The van der Waals surface area contributed by atoms with Crippen molar-refractivity contribution in [3.63, 3.8) is 0 Å². The molecule has 6 heteroatoms. The number of rotatable bonds is 6. The topological polar surface area (TPSA) is 62.3 Å². The highest BCUT2D eigenvalue weighted by Crippen LogP contribution is 2.28. The number of carbonyl (C=O) groups is 2. The van der Waals surface area contributed by atoms with Crippen LogP contribution in [0.15, 0.2) is 48.8 Å². The Morgan fingerprint density at radius 2 is 1.88 bits per heavy atom. The number of halogens is 1. The highest BCUT2D eigenvalue weighted by molar-refractivity contribution is 14.1. The van der Waals surface area contributed by atoms with E-state index in [4.69, 9.17) is 0 Å². The first-order valence-electron chi connectivity index (χ1n) is 7.86. The van der Waals surface area contributed by atoms with E-state index >= 15 is 0 Å². The van der Waals surface area contributed by atoms with Crippen molar-refractivity contribution in [1.29, 1.82) is 0 Å². The molecule has 1 N–H and O–H groups in total. The van der Waals surface area contributed by atoms with Crippen LogP contribution in [0.4, 0.5) is 0 Å². The van der Waals surface area contributed by atoms with Crippen molar-refractivity contribution in [1.82, 2.24) is 15.2 Å². The summed E-state index contributed by atoms with van der Waals surface area (Å²) in [7, 11) is 0. The zero-order chi connectivity index (χ0) is 16.9. The second-order valence-electron chi connectivity index (χ2n) is 5.77. The highest BCUT2D eigenvalue weighted by Gasteiger charge is 2.32. The summed E-state index contributed by atoms with van der Waals surface area (Å²) in [6.45, 7) is 0.580. The predicted octanol–water partition coefficient (Wildman–Crippen LogP) is 2.61. The fourth-order valence-electron chi connectivity index (χ4n) is 2.49. The second kappa shape index (κ2) is 7.74. The molecule has 2 amide bonds. The van der Waals surface area contributed by atoms with Gasteiger partial charge in [0.25, 0.3) is 5.91 Å². The molecule has 0 saturated heterocycles. The fourth-order valence-corrected chi connectivity index (χ4v) is 3.12. The summed E-state index contributed by atoms with van der Waals surface area (Å²) in [5.74, 6) is -0.262. The smallest absolute Gasteiger partial charge is 0.252 e. The van der Waals surface area contributed by atoms with Crippen molar-refractivity contribution in [2.24, 2.45) is 0 Å². The van der Waals surface area contributed by atoms with Crippen molar-refractivity contribution < 1.29 is 9.59 Å². The maximum absolute atomic E-state index is 12.5. The number of aromatic nitrogens is 1. The van der Waals surface area contributed by atoms with Crippen LogP contribution in [0.25, 0.3) is 0 Å². The van der Waals surface area contributed by atoms with Crippen LogP contribution in [0.2, 0.25) is 0 Å². The molecule has 0 spiro atoms. The van der Waals surface area contributed by atoms with E-state index in [2.05, 4.69) is 32.9 Å². The molecule has 0 aliphatic heterocycles. The Balaban J connectivity index is 1.60. The Hall–Kier alpha value is -1.96. The Morgan fingerprint density at radius 1 is 1.17 bits per heavy atom. The average Bonchev–Trinajstić information content (AvgIpc) is 3.43. The number of amides is 2. The lowest BCUT2D eigenvalue weighted by Crippen LogP contribution is -2.41. The van der Waals surface area contributed by atoms with Crippen LogP contribution < -0.4 is 5.32 Å². The summed E-state index contributed by atoms with van der Waals surface area (Å²) in [4.78, 5) is 30.6. The van der Waals surface area contributed by atoms with Crippen LogP contribution in [-0.4, -0.2) is 34.3 Å². The van der Waals surface area contributed by atoms with E-state index in [9.17, 15) is 9.59 Å². The summed E-state index contributed by atoms with van der Waals surface area (Å²) >= 11 is 2.12. The maximum Gasteiger partial charge on any atom is 0.252 e. The monoisotopic (exact) mass is 435 g/mol. The molecule has 1 heterocycles. The molecule has 1 aromatic heterocycles. The van der Waals surface area contributed by atoms with Gasteiger partial charge in [0.05, 0.1) is 12.1 Å². The molecule has 5 nitrogen and oxygen atoms in total. The third-order valence-electron chi connectivity index (χ3n) is 3.93. The van der Waals surface area contributed by atoms with E-state index in [0.717, 1.165) is 22.0 Å². The van der Waals surface area contributed by atoms with Crippen molar-refractivity contribution in [3.05, 3.63) is 63.5 Å². The van der Waals surface area contributed by atoms with E-state index in [0.29, 0.717) is 18.2 Å². The standard InChI is InChI=1S/C18H18IN3O2/c19-16-4-2-1-3-15(16)18(24)21-11-17(23)22(14-5-6-14)12-13-7-9-20-10-8-13/h1-4,7-10,14H,5-6,11-12H2,(H,21,24). The lowest BCUT2D eigenvalue weighted by molar-refractivity contribution is -0.131. The number of pyridine rings is 1. The molecule has 1 aliphatic carbocycles. The van der Waals surface area contributed by atoms with Crippen molar-refractivity contribution in [2.45, 2.75) is 25.4 Å². The highest BCUT2D eigenvalue weighted by atomic mass is 127. The summed E-state index contributed by atoms with van der Waals surface area (Å²) in [6.07, 6.45) is 5.51. The van der Waals surface area contributed by atoms with Gasteiger partial charge in [0.1, 0.15) is 0 Å². The molecular weight excluding hydrogens is 417 g/mol. The second-order valence-corrected chi connectivity index (χ2v) is 6.93. The first-order valence-corrected chi connectivity index (χ1v) is 8.94. The van der Waals surface area contributed by atoms with Gasteiger partial charge in [0, 0.05) is 28.6 Å². The summed E-state index contributed by atoms with van der Waals surface area (Å²) in [5.41, 5.74) is 1.65. The summed E-state index contributed by atoms with van der Waals surface area (Å²) in [5, 5.41) is 2.74.